The molecule has 35 heavy (non-hydrogen) atoms. The quantitative estimate of drug-likeness (QED) is 0.201. The molecule has 0 fully saturated rings. The molecule has 0 aliphatic heterocycles. The lowest BCUT2D eigenvalue weighted by Crippen LogP contribution is -2.48. The third-order valence-corrected chi connectivity index (χ3v) is 6.69. The van der Waals surface area contributed by atoms with Gasteiger partial charge in [-0.05, 0) is 53.2 Å². The van der Waals surface area contributed by atoms with Gasteiger partial charge in [-0.15, -0.1) is 0 Å². The Kier molecular flexibility index (Phi) is 9.62. The molecule has 0 saturated carbocycles. The number of halogens is 2. The van der Waals surface area contributed by atoms with E-state index in [1.807, 2.05) is 6.07 Å². The predicted octanol–water partition coefficient (Wildman–Crippen LogP) is 2.31. The minimum atomic E-state index is -1.82. The highest BCUT2D eigenvalue weighted by atomic mass is 79.9. The fourth-order valence-electron chi connectivity index (χ4n) is 3.58. The fourth-order valence-corrected chi connectivity index (χ4v) is 4.01. The number of hydrogen-bond acceptors (Lipinski definition) is 10. The molecule has 0 radical (unpaired) electrons. The minimum Gasteiger partial charge on any atom is -0.496 e. The second kappa shape index (κ2) is 12.2. The number of ether oxygens (including phenoxy) is 2. The monoisotopic (exact) mass is 571 g/mol. The van der Waals surface area contributed by atoms with Crippen molar-refractivity contribution in [3.63, 3.8) is 0 Å². The first-order valence-corrected chi connectivity index (χ1v) is 11.9. The Hall–Kier alpha value is -2.09. The molecule has 3 aromatic rings. The highest BCUT2D eigenvalue weighted by Gasteiger charge is 2.37. The summed E-state index contributed by atoms with van der Waals surface area (Å²) in [4.78, 5) is 8.52. The topological polar surface area (TPSA) is 157 Å². The van der Waals surface area contributed by atoms with Crippen molar-refractivity contribution in [1.82, 2.24) is 9.97 Å². The summed E-state index contributed by atoms with van der Waals surface area (Å²) >= 11 is 9.52. The normalized spacial score (nSPS) is 15.9. The van der Waals surface area contributed by atoms with Gasteiger partial charge in [0.1, 0.15) is 48.4 Å². The largest absolute Gasteiger partial charge is 0.496 e. The minimum absolute atomic E-state index is 0.132. The lowest BCUT2D eigenvalue weighted by atomic mass is 9.94. The van der Waals surface area contributed by atoms with Crippen LogP contribution >= 0.6 is 27.5 Å². The molecule has 0 aliphatic carbocycles. The van der Waals surface area contributed by atoms with E-state index in [1.165, 1.54) is 19.5 Å². The van der Waals surface area contributed by atoms with Crippen molar-refractivity contribution in [3.05, 3.63) is 51.7 Å². The molecule has 0 aliphatic rings. The van der Waals surface area contributed by atoms with Crippen molar-refractivity contribution in [1.29, 1.82) is 0 Å². The summed E-state index contributed by atoms with van der Waals surface area (Å²) in [6.07, 6.45) is -6.75. The lowest BCUT2D eigenvalue weighted by Gasteiger charge is -2.31. The molecular weight excluding hydrogens is 546 g/mol. The number of benzene rings is 2. The average Bonchev–Trinajstić information content (AvgIpc) is 2.87. The Morgan fingerprint density at radius 2 is 1.80 bits per heavy atom. The third-order valence-electron chi connectivity index (χ3n) is 5.45. The molecule has 1 heterocycles. The number of anilines is 2. The average molecular weight is 573 g/mol. The van der Waals surface area contributed by atoms with Crippen LogP contribution < -0.4 is 10.1 Å². The third kappa shape index (κ3) is 6.19. The molecule has 2 aromatic carbocycles. The van der Waals surface area contributed by atoms with E-state index in [0.717, 1.165) is 4.47 Å². The van der Waals surface area contributed by atoms with E-state index in [4.69, 9.17) is 21.1 Å². The van der Waals surface area contributed by atoms with Gasteiger partial charge in [-0.2, -0.15) is 0 Å². The van der Waals surface area contributed by atoms with E-state index < -0.39 is 37.1 Å². The molecule has 0 saturated heterocycles. The number of nitrogens with zero attached hydrogens (tertiary/aromatic N) is 2. The summed E-state index contributed by atoms with van der Waals surface area (Å²) in [6, 6.07) is 8.40. The number of aliphatic hydroxyl groups excluding tert-OH is 5. The van der Waals surface area contributed by atoms with Crippen LogP contribution in [-0.2, 0) is 4.74 Å². The highest BCUT2D eigenvalue weighted by molar-refractivity contribution is 9.10. The Bertz CT molecular complexity index is 1160. The predicted molar refractivity (Wildman–Crippen MR) is 134 cm³/mol. The van der Waals surface area contributed by atoms with Gasteiger partial charge in [-0.1, -0.05) is 11.6 Å². The highest BCUT2D eigenvalue weighted by Crippen LogP contribution is 2.36. The summed E-state index contributed by atoms with van der Waals surface area (Å²) in [7, 11) is 1.39. The molecule has 190 valence electrons. The number of aliphatic hydroxyl groups is 5. The molecule has 0 amide bonds. The number of nitrogens with one attached hydrogen (secondary N) is 1. The smallest absolute Gasteiger partial charge is 0.141 e. The van der Waals surface area contributed by atoms with Crippen LogP contribution in [0, 0.1) is 0 Å². The standard InChI is InChI=1S/C23H27BrClN3O7/c1-3-35-18(9-29)20(31)22(33)21(32)19(30)13-7-16-12(8-17(13)34-2)23(27-10-26-16)28-11-4-5-14(24)15(25)6-11/h4-8,10,18-22,29-33H,3,9H2,1-2H3,(H,26,27,28)/t18-,19?,20+,21-,22-/m0/s1. The number of rotatable bonds is 11. The first kappa shape index (κ1) is 27.5. The summed E-state index contributed by atoms with van der Waals surface area (Å²) in [5.74, 6) is 0.646. The zero-order valence-corrected chi connectivity index (χ0v) is 21.3. The summed E-state index contributed by atoms with van der Waals surface area (Å²) < 4.78 is 11.3. The first-order chi connectivity index (χ1) is 16.7. The number of aromatic nitrogens is 2. The maximum atomic E-state index is 10.8. The van der Waals surface area contributed by atoms with Gasteiger partial charge < -0.3 is 40.3 Å². The molecular formula is C23H27BrClN3O7. The second-order valence-corrected chi connectivity index (χ2v) is 8.94. The second-order valence-electron chi connectivity index (χ2n) is 7.68. The zero-order chi connectivity index (χ0) is 25.7. The Morgan fingerprint density at radius 3 is 2.43 bits per heavy atom. The Labute approximate surface area is 215 Å². The van der Waals surface area contributed by atoms with Crippen LogP contribution in [0.5, 0.6) is 5.75 Å². The Morgan fingerprint density at radius 1 is 1.06 bits per heavy atom. The van der Waals surface area contributed by atoms with Gasteiger partial charge in [0.05, 0.1) is 24.3 Å². The SMILES string of the molecule is CCO[C@@H](CO)[C@@H](O)[C@H](O)[C@@H](O)C(O)c1cc2ncnc(Nc3ccc(Br)c(Cl)c3)c2cc1OC. The van der Waals surface area contributed by atoms with Crippen LogP contribution in [0.15, 0.2) is 41.1 Å². The van der Waals surface area contributed by atoms with Crippen LogP contribution in [0.2, 0.25) is 5.02 Å². The number of hydrogen-bond donors (Lipinski definition) is 6. The maximum absolute atomic E-state index is 10.8. The van der Waals surface area contributed by atoms with Crippen LogP contribution in [0.3, 0.4) is 0 Å². The van der Waals surface area contributed by atoms with Gasteiger partial charge >= 0.3 is 0 Å². The first-order valence-electron chi connectivity index (χ1n) is 10.7. The van der Waals surface area contributed by atoms with E-state index in [-0.39, 0.29) is 17.9 Å². The van der Waals surface area contributed by atoms with Crippen LogP contribution in [0.1, 0.15) is 18.6 Å². The molecule has 6 N–H and O–H groups in total. The lowest BCUT2D eigenvalue weighted by molar-refractivity contribution is -0.153. The van der Waals surface area contributed by atoms with Crippen molar-refractivity contribution in [2.75, 3.05) is 25.6 Å². The molecule has 12 heteroatoms. The van der Waals surface area contributed by atoms with E-state index in [1.54, 1.807) is 25.1 Å². The van der Waals surface area contributed by atoms with Crippen LogP contribution in [-0.4, -0.2) is 80.2 Å². The number of fused-ring (bicyclic) bond motifs is 1. The summed E-state index contributed by atoms with van der Waals surface area (Å²) in [5.41, 5.74) is 1.24. The molecule has 0 spiro atoms. The van der Waals surface area contributed by atoms with Crippen LogP contribution in [0.25, 0.3) is 10.9 Å². The van der Waals surface area contributed by atoms with Crippen molar-refractivity contribution in [3.8, 4) is 5.75 Å². The van der Waals surface area contributed by atoms with Gasteiger partial charge in [0.2, 0.25) is 0 Å². The van der Waals surface area contributed by atoms with Crippen molar-refractivity contribution < 1.29 is 35.0 Å². The van der Waals surface area contributed by atoms with Gasteiger partial charge in [-0.25, -0.2) is 9.97 Å². The molecule has 3 rings (SSSR count). The molecule has 1 aromatic heterocycles. The van der Waals surface area contributed by atoms with Gasteiger partial charge in [0.15, 0.2) is 0 Å². The summed E-state index contributed by atoms with van der Waals surface area (Å²) in [6.45, 7) is 1.25. The van der Waals surface area contributed by atoms with Crippen LogP contribution in [0.4, 0.5) is 11.5 Å². The zero-order valence-electron chi connectivity index (χ0n) is 19.0. The summed E-state index contributed by atoms with van der Waals surface area (Å²) in [5, 5.41) is 55.8. The molecule has 0 bridgehead atoms. The maximum Gasteiger partial charge on any atom is 0.141 e. The molecule has 1 unspecified atom stereocenters. The van der Waals surface area contributed by atoms with E-state index in [0.29, 0.717) is 27.4 Å². The molecule has 5 atom stereocenters. The van der Waals surface area contributed by atoms with E-state index in [2.05, 4.69) is 31.2 Å². The number of methoxy groups -OCH3 is 1. The van der Waals surface area contributed by atoms with Gasteiger partial charge in [0, 0.05) is 27.7 Å². The van der Waals surface area contributed by atoms with Crippen molar-refractivity contribution in [2.24, 2.45) is 0 Å². The van der Waals surface area contributed by atoms with Crippen molar-refractivity contribution >= 4 is 49.9 Å². The Balaban J connectivity index is 1.93. The van der Waals surface area contributed by atoms with Crippen molar-refractivity contribution in [2.45, 2.75) is 37.4 Å². The van der Waals surface area contributed by atoms with Gasteiger partial charge in [-0.3, -0.25) is 0 Å². The van der Waals surface area contributed by atoms with E-state index >= 15 is 0 Å². The fraction of sp³-hybridized carbons (Fsp3) is 0.391. The van der Waals surface area contributed by atoms with E-state index in [9.17, 15) is 25.5 Å². The van der Waals surface area contributed by atoms with Gasteiger partial charge in [0.25, 0.3) is 0 Å². The molecule has 10 nitrogen and oxygen atoms in total.